The van der Waals surface area contributed by atoms with Crippen molar-refractivity contribution >= 4 is 11.6 Å². The van der Waals surface area contributed by atoms with E-state index >= 15 is 0 Å². The standard InChI is InChI=1S/C16H18F3N3O2/c1-16(2,3)14(23)21-12-7-20-22(9-12)8-10-6-11(17)4-5-13(10)24-15(18)19/h4-7,9,15H,8H2,1-3H3,(H,21,23). The Morgan fingerprint density at radius 2 is 2.08 bits per heavy atom. The third kappa shape index (κ3) is 4.74. The number of aromatic nitrogens is 2. The van der Waals surface area contributed by atoms with Crippen LogP contribution in [0, 0.1) is 11.2 Å². The zero-order valence-corrected chi connectivity index (χ0v) is 13.5. The van der Waals surface area contributed by atoms with Crippen molar-refractivity contribution in [1.29, 1.82) is 0 Å². The van der Waals surface area contributed by atoms with Gasteiger partial charge >= 0.3 is 6.61 Å². The summed E-state index contributed by atoms with van der Waals surface area (Å²) in [5.41, 5.74) is 0.109. The molecule has 0 aliphatic carbocycles. The van der Waals surface area contributed by atoms with Crippen molar-refractivity contribution in [1.82, 2.24) is 9.78 Å². The highest BCUT2D eigenvalue weighted by molar-refractivity contribution is 5.94. The monoisotopic (exact) mass is 341 g/mol. The number of anilines is 1. The van der Waals surface area contributed by atoms with E-state index in [0.717, 1.165) is 18.2 Å². The van der Waals surface area contributed by atoms with Gasteiger partial charge in [-0.05, 0) is 18.2 Å². The van der Waals surface area contributed by atoms with Crippen LogP contribution in [0.4, 0.5) is 18.9 Å². The van der Waals surface area contributed by atoms with Gasteiger partial charge in [0.1, 0.15) is 11.6 Å². The minimum atomic E-state index is -3.01. The highest BCUT2D eigenvalue weighted by atomic mass is 19.3. The number of hydrogen-bond acceptors (Lipinski definition) is 3. The lowest BCUT2D eigenvalue weighted by atomic mass is 9.96. The van der Waals surface area contributed by atoms with E-state index < -0.39 is 17.8 Å². The van der Waals surface area contributed by atoms with E-state index in [9.17, 15) is 18.0 Å². The van der Waals surface area contributed by atoms with Crippen molar-refractivity contribution in [3.8, 4) is 5.75 Å². The Morgan fingerprint density at radius 1 is 1.38 bits per heavy atom. The molecule has 0 bridgehead atoms. The number of nitrogens with zero attached hydrogens (tertiary/aromatic N) is 2. The number of hydrogen-bond donors (Lipinski definition) is 1. The van der Waals surface area contributed by atoms with Crippen molar-refractivity contribution in [2.24, 2.45) is 5.41 Å². The number of benzene rings is 1. The van der Waals surface area contributed by atoms with Gasteiger partial charge in [0.15, 0.2) is 0 Å². The number of amides is 1. The summed E-state index contributed by atoms with van der Waals surface area (Å²) in [5.74, 6) is -0.878. The fourth-order valence-corrected chi connectivity index (χ4v) is 1.89. The first kappa shape index (κ1) is 17.8. The van der Waals surface area contributed by atoms with Crippen LogP contribution in [0.25, 0.3) is 0 Å². The normalized spacial score (nSPS) is 11.6. The third-order valence-corrected chi connectivity index (χ3v) is 3.14. The minimum Gasteiger partial charge on any atom is -0.434 e. The van der Waals surface area contributed by atoms with Crippen molar-refractivity contribution in [3.63, 3.8) is 0 Å². The molecule has 1 N–H and O–H groups in total. The topological polar surface area (TPSA) is 56.2 Å². The Balaban J connectivity index is 2.15. The summed E-state index contributed by atoms with van der Waals surface area (Å²) in [7, 11) is 0. The molecule has 1 aromatic heterocycles. The molecule has 24 heavy (non-hydrogen) atoms. The second-order valence-corrected chi connectivity index (χ2v) is 6.26. The lowest BCUT2D eigenvalue weighted by Crippen LogP contribution is -2.27. The summed E-state index contributed by atoms with van der Waals surface area (Å²) in [5, 5.41) is 6.73. The SMILES string of the molecule is CC(C)(C)C(=O)Nc1cnn(Cc2cc(F)ccc2OC(F)F)c1. The molecule has 2 rings (SSSR count). The summed E-state index contributed by atoms with van der Waals surface area (Å²) in [4.78, 5) is 11.9. The molecule has 2 aromatic rings. The molecule has 130 valence electrons. The largest absolute Gasteiger partial charge is 0.434 e. The molecule has 1 amide bonds. The summed E-state index contributed by atoms with van der Waals surface area (Å²) in [6.45, 7) is 2.33. The van der Waals surface area contributed by atoms with Crippen LogP contribution in [0.15, 0.2) is 30.6 Å². The lowest BCUT2D eigenvalue weighted by molar-refractivity contribution is -0.123. The van der Waals surface area contributed by atoms with Gasteiger partial charge in [-0.3, -0.25) is 9.48 Å². The fraction of sp³-hybridized carbons (Fsp3) is 0.375. The van der Waals surface area contributed by atoms with Crippen LogP contribution >= 0.6 is 0 Å². The number of halogens is 3. The van der Waals surface area contributed by atoms with Gasteiger partial charge in [0.05, 0.1) is 18.4 Å². The van der Waals surface area contributed by atoms with Crippen molar-refractivity contribution in [2.75, 3.05) is 5.32 Å². The predicted molar refractivity (Wildman–Crippen MR) is 82.4 cm³/mol. The van der Waals surface area contributed by atoms with Crippen LogP contribution in [0.2, 0.25) is 0 Å². The number of nitrogens with one attached hydrogen (secondary N) is 1. The molecule has 0 atom stereocenters. The van der Waals surface area contributed by atoms with Crippen LogP contribution in [-0.4, -0.2) is 22.3 Å². The number of rotatable bonds is 5. The smallest absolute Gasteiger partial charge is 0.387 e. The Kier molecular flexibility index (Phi) is 5.16. The van der Waals surface area contributed by atoms with E-state index in [1.165, 1.54) is 17.1 Å². The average Bonchev–Trinajstić information content (AvgIpc) is 2.87. The zero-order valence-electron chi connectivity index (χ0n) is 13.5. The highest BCUT2D eigenvalue weighted by Gasteiger charge is 2.21. The first-order valence-electron chi connectivity index (χ1n) is 7.22. The molecule has 0 radical (unpaired) electrons. The first-order valence-corrected chi connectivity index (χ1v) is 7.22. The quantitative estimate of drug-likeness (QED) is 0.903. The molecule has 8 heteroatoms. The van der Waals surface area contributed by atoms with Gasteiger partial charge < -0.3 is 10.1 Å². The summed E-state index contributed by atoms with van der Waals surface area (Å²) in [6, 6.07) is 3.29. The fourth-order valence-electron chi connectivity index (χ4n) is 1.89. The van der Waals surface area contributed by atoms with Gasteiger partial charge in [0.2, 0.25) is 5.91 Å². The second-order valence-electron chi connectivity index (χ2n) is 6.26. The van der Waals surface area contributed by atoms with E-state index in [0.29, 0.717) is 5.69 Å². The number of carbonyl (C=O) groups is 1. The van der Waals surface area contributed by atoms with Gasteiger partial charge in [0.25, 0.3) is 0 Å². The molecule has 0 aliphatic rings. The predicted octanol–water partition coefficient (Wildman–Crippen LogP) is 3.66. The molecule has 5 nitrogen and oxygen atoms in total. The molecular formula is C16H18F3N3O2. The Labute approximate surface area is 137 Å². The van der Waals surface area contributed by atoms with Crippen molar-refractivity contribution in [2.45, 2.75) is 33.9 Å². The van der Waals surface area contributed by atoms with Gasteiger partial charge in [-0.25, -0.2) is 4.39 Å². The summed E-state index contributed by atoms with van der Waals surface area (Å²) in [6.07, 6.45) is 2.96. The van der Waals surface area contributed by atoms with Crippen LogP contribution in [0.1, 0.15) is 26.3 Å². The maximum absolute atomic E-state index is 13.4. The highest BCUT2D eigenvalue weighted by Crippen LogP contribution is 2.23. The molecule has 1 heterocycles. The van der Waals surface area contributed by atoms with Gasteiger partial charge in [0, 0.05) is 17.2 Å². The average molecular weight is 341 g/mol. The van der Waals surface area contributed by atoms with Crippen molar-refractivity contribution in [3.05, 3.63) is 42.0 Å². The number of alkyl halides is 2. The molecule has 0 aliphatic heterocycles. The second kappa shape index (κ2) is 6.94. The van der Waals surface area contributed by atoms with E-state index in [1.807, 2.05) is 0 Å². The van der Waals surface area contributed by atoms with E-state index in [-0.39, 0.29) is 23.8 Å². The third-order valence-electron chi connectivity index (χ3n) is 3.14. The van der Waals surface area contributed by atoms with E-state index in [2.05, 4.69) is 15.2 Å². The maximum Gasteiger partial charge on any atom is 0.387 e. The molecule has 0 saturated carbocycles. The zero-order chi connectivity index (χ0) is 17.9. The molecular weight excluding hydrogens is 323 g/mol. The van der Waals surface area contributed by atoms with Crippen LogP contribution in [-0.2, 0) is 11.3 Å². The Morgan fingerprint density at radius 3 is 2.71 bits per heavy atom. The van der Waals surface area contributed by atoms with E-state index in [1.54, 1.807) is 20.8 Å². The number of carbonyl (C=O) groups excluding carboxylic acids is 1. The molecule has 0 spiro atoms. The van der Waals surface area contributed by atoms with E-state index in [4.69, 9.17) is 0 Å². The minimum absolute atomic E-state index is 0.0190. The van der Waals surface area contributed by atoms with Gasteiger partial charge in [-0.2, -0.15) is 13.9 Å². The maximum atomic E-state index is 13.4. The lowest BCUT2D eigenvalue weighted by Gasteiger charge is -2.16. The summed E-state index contributed by atoms with van der Waals surface area (Å²) < 4.78 is 44.0. The molecule has 0 saturated heterocycles. The first-order chi connectivity index (χ1) is 11.1. The number of ether oxygens (including phenoxy) is 1. The van der Waals surface area contributed by atoms with Crippen LogP contribution < -0.4 is 10.1 Å². The van der Waals surface area contributed by atoms with Gasteiger partial charge in [-0.1, -0.05) is 20.8 Å². The summed E-state index contributed by atoms with van der Waals surface area (Å²) >= 11 is 0. The Hall–Kier alpha value is -2.51. The molecule has 0 unspecified atom stereocenters. The van der Waals surface area contributed by atoms with Crippen molar-refractivity contribution < 1.29 is 22.7 Å². The van der Waals surface area contributed by atoms with Crippen LogP contribution in [0.5, 0.6) is 5.75 Å². The molecule has 0 fully saturated rings. The van der Waals surface area contributed by atoms with Gasteiger partial charge in [-0.15, -0.1) is 0 Å². The Bertz CT molecular complexity index is 724. The molecule has 1 aromatic carbocycles. The van der Waals surface area contributed by atoms with Crippen LogP contribution in [0.3, 0.4) is 0 Å².